The maximum Gasteiger partial charge on any atom is 0.233 e. The zero-order valence-corrected chi connectivity index (χ0v) is 12.0. The van der Waals surface area contributed by atoms with Gasteiger partial charge < -0.3 is 15.0 Å². The van der Waals surface area contributed by atoms with Crippen molar-refractivity contribution in [2.75, 3.05) is 26.2 Å². The van der Waals surface area contributed by atoms with Crippen molar-refractivity contribution in [2.24, 2.45) is 0 Å². The highest BCUT2D eigenvalue weighted by molar-refractivity contribution is 7.70. The van der Waals surface area contributed by atoms with E-state index in [2.05, 4.69) is 10.2 Å². The summed E-state index contributed by atoms with van der Waals surface area (Å²) >= 11 is 0. The fourth-order valence-electron chi connectivity index (χ4n) is 1.75. The molecule has 1 heterocycles. The number of rotatable bonds is 3. The Labute approximate surface area is 112 Å². The standard InChI is InChI=1S/C13H16N3O2P/c1-18-13-7-6-11(15-16-13)9-4-5-10(14)12(8-9)19(2,3)17/h4-8H,14H2,1-3H3. The van der Waals surface area contributed by atoms with Crippen molar-refractivity contribution >= 4 is 18.1 Å². The first-order valence-electron chi connectivity index (χ1n) is 5.75. The highest BCUT2D eigenvalue weighted by Crippen LogP contribution is 2.38. The molecule has 1 aromatic heterocycles. The summed E-state index contributed by atoms with van der Waals surface area (Å²) in [5.74, 6) is 0.455. The second-order valence-electron chi connectivity index (χ2n) is 4.59. The van der Waals surface area contributed by atoms with Crippen molar-refractivity contribution in [3.63, 3.8) is 0 Å². The average molecular weight is 277 g/mol. The van der Waals surface area contributed by atoms with Crippen LogP contribution in [0.3, 0.4) is 0 Å². The van der Waals surface area contributed by atoms with Crippen LogP contribution >= 0.6 is 7.14 Å². The normalized spacial score (nSPS) is 11.3. The number of aromatic nitrogens is 2. The van der Waals surface area contributed by atoms with Crippen molar-refractivity contribution in [3.05, 3.63) is 30.3 Å². The van der Waals surface area contributed by atoms with Gasteiger partial charge >= 0.3 is 0 Å². The van der Waals surface area contributed by atoms with Crippen LogP contribution in [0, 0.1) is 0 Å². The summed E-state index contributed by atoms with van der Waals surface area (Å²) in [7, 11) is -0.879. The van der Waals surface area contributed by atoms with Gasteiger partial charge in [-0.05, 0) is 31.5 Å². The topological polar surface area (TPSA) is 78.1 Å². The van der Waals surface area contributed by atoms with Gasteiger partial charge in [0.2, 0.25) is 5.88 Å². The molecule has 19 heavy (non-hydrogen) atoms. The molecule has 0 atom stereocenters. The van der Waals surface area contributed by atoms with E-state index in [1.165, 1.54) is 7.11 Å². The van der Waals surface area contributed by atoms with Gasteiger partial charge in [-0.15, -0.1) is 10.2 Å². The Morgan fingerprint density at radius 3 is 2.42 bits per heavy atom. The molecule has 2 aromatic rings. The lowest BCUT2D eigenvalue weighted by atomic mass is 10.1. The predicted octanol–water partition coefficient (Wildman–Crippen LogP) is 1.98. The molecule has 2 N–H and O–H groups in total. The summed E-state index contributed by atoms with van der Waals surface area (Å²) in [5, 5.41) is 8.65. The molecule has 5 nitrogen and oxygen atoms in total. The molecule has 100 valence electrons. The van der Waals surface area contributed by atoms with Gasteiger partial charge in [0.15, 0.2) is 0 Å². The molecule has 0 saturated carbocycles. The summed E-state index contributed by atoms with van der Waals surface area (Å²) in [6, 6.07) is 8.93. The van der Waals surface area contributed by atoms with E-state index in [4.69, 9.17) is 10.5 Å². The first kappa shape index (κ1) is 13.6. The van der Waals surface area contributed by atoms with E-state index < -0.39 is 7.14 Å². The summed E-state index contributed by atoms with van der Waals surface area (Å²) < 4.78 is 17.1. The summed E-state index contributed by atoms with van der Waals surface area (Å²) in [6.07, 6.45) is 0. The molecule has 0 spiro atoms. The van der Waals surface area contributed by atoms with Crippen molar-refractivity contribution in [1.29, 1.82) is 0 Å². The van der Waals surface area contributed by atoms with Crippen LogP contribution in [-0.4, -0.2) is 30.6 Å². The van der Waals surface area contributed by atoms with E-state index in [1.54, 1.807) is 31.5 Å². The minimum Gasteiger partial charge on any atom is -0.480 e. The fourth-order valence-corrected chi connectivity index (χ4v) is 2.90. The summed E-state index contributed by atoms with van der Waals surface area (Å²) in [6.45, 7) is 3.39. The molecular formula is C13H16N3O2P. The van der Waals surface area contributed by atoms with Crippen molar-refractivity contribution in [2.45, 2.75) is 0 Å². The zero-order valence-electron chi connectivity index (χ0n) is 11.1. The number of nitrogen functional groups attached to an aromatic ring is 1. The quantitative estimate of drug-likeness (QED) is 0.685. The minimum atomic E-state index is -2.42. The molecule has 0 aliphatic carbocycles. The molecule has 2 rings (SSSR count). The van der Waals surface area contributed by atoms with E-state index in [-0.39, 0.29) is 0 Å². The maximum atomic E-state index is 12.2. The predicted molar refractivity (Wildman–Crippen MR) is 77.5 cm³/mol. The molecule has 6 heteroatoms. The molecule has 0 saturated heterocycles. The molecular weight excluding hydrogens is 261 g/mol. The Morgan fingerprint density at radius 1 is 1.16 bits per heavy atom. The molecule has 0 bridgehead atoms. The van der Waals surface area contributed by atoms with Crippen LogP contribution < -0.4 is 15.8 Å². The maximum absolute atomic E-state index is 12.2. The van der Waals surface area contributed by atoms with Gasteiger partial charge in [0, 0.05) is 22.6 Å². The van der Waals surface area contributed by atoms with Crippen LogP contribution in [0.15, 0.2) is 30.3 Å². The lowest BCUT2D eigenvalue weighted by Gasteiger charge is -2.12. The minimum absolute atomic E-state index is 0.455. The van der Waals surface area contributed by atoms with Crippen LogP contribution in [0.1, 0.15) is 0 Å². The van der Waals surface area contributed by atoms with Gasteiger partial charge in [-0.2, -0.15) is 0 Å². The van der Waals surface area contributed by atoms with E-state index >= 15 is 0 Å². The van der Waals surface area contributed by atoms with Gasteiger partial charge in [-0.25, -0.2) is 0 Å². The monoisotopic (exact) mass is 277 g/mol. The van der Waals surface area contributed by atoms with Crippen LogP contribution in [0.4, 0.5) is 5.69 Å². The third-order valence-electron chi connectivity index (χ3n) is 2.76. The molecule has 0 aliphatic rings. The van der Waals surface area contributed by atoms with Crippen LogP contribution in [0.2, 0.25) is 0 Å². The van der Waals surface area contributed by atoms with Crippen LogP contribution in [-0.2, 0) is 4.57 Å². The Morgan fingerprint density at radius 2 is 1.89 bits per heavy atom. The molecule has 0 amide bonds. The SMILES string of the molecule is COc1ccc(-c2ccc(N)c(P(C)(C)=O)c2)nn1. The third-order valence-corrected chi connectivity index (χ3v) is 4.30. The Hall–Kier alpha value is -1.87. The second kappa shape index (κ2) is 5.02. The van der Waals surface area contributed by atoms with E-state index in [1.807, 2.05) is 12.1 Å². The van der Waals surface area contributed by atoms with Crippen molar-refractivity contribution in [1.82, 2.24) is 10.2 Å². The fraction of sp³-hybridized carbons (Fsp3) is 0.231. The first-order valence-corrected chi connectivity index (χ1v) is 8.35. The number of benzene rings is 1. The third kappa shape index (κ3) is 2.93. The molecule has 0 fully saturated rings. The zero-order chi connectivity index (χ0) is 14.0. The second-order valence-corrected chi connectivity index (χ2v) is 7.77. The van der Waals surface area contributed by atoms with Gasteiger partial charge in [0.05, 0.1) is 12.8 Å². The number of nitrogens with two attached hydrogens (primary N) is 1. The number of nitrogens with zero attached hydrogens (tertiary/aromatic N) is 2. The van der Waals surface area contributed by atoms with E-state index in [0.717, 1.165) is 5.56 Å². The molecule has 0 radical (unpaired) electrons. The van der Waals surface area contributed by atoms with Crippen molar-refractivity contribution < 1.29 is 9.30 Å². The lowest BCUT2D eigenvalue weighted by Crippen LogP contribution is -2.10. The highest BCUT2D eigenvalue weighted by Gasteiger charge is 2.16. The molecule has 0 unspecified atom stereocenters. The Bertz CT molecular complexity index is 635. The van der Waals surface area contributed by atoms with Crippen molar-refractivity contribution in [3.8, 4) is 17.1 Å². The van der Waals surface area contributed by atoms with Gasteiger partial charge in [-0.3, -0.25) is 0 Å². The van der Waals surface area contributed by atoms with Gasteiger partial charge in [0.1, 0.15) is 7.14 Å². The van der Waals surface area contributed by atoms with Gasteiger partial charge in [0.25, 0.3) is 0 Å². The molecule has 1 aromatic carbocycles. The largest absolute Gasteiger partial charge is 0.480 e. The average Bonchev–Trinajstić information content (AvgIpc) is 2.38. The summed E-state index contributed by atoms with van der Waals surface area (Å²) in [5.41, 5.74) is 7.94. The van der Waals surface area contributed by atoms with Crippen LogP contribution in [0.5, 0.6) is 5.88 Å². The number of ether oxygens (including phenoxy) is 1. The van der Waals surface area contributed by atoms with Gasteiger partial charge in [-0.1, -0.05) is 6.07 Å². The highest BCUT2D eigenvalue weighted by atomic mass is 31.2. The smallest absolute Gasteiger partial charge is 0.233 e. The first-order chi connectivity index (χ1) is 8.91. The Balaban J connectivity index is 2.48. The van der Waals surface area contributed by atoms with E-state index in [0.29, 0.717) is 22.6 Å². The number of anilines is 1. The number of methoxy groups -OCH3 is 1. The van der Waals surface area contributed by atoms with E-state index in [9.17, 15) is 4.57 Å². The van der Waals surface area contributed by atoms with Crippen LogP contribution in [0.25, 0.3) is 11.3 Å². The number of hydrogen-bond acceptors (Lipinski definition) is 5. The Kier molecular flexibility index (Phi) is 3.58. The molecule has 0 aliphatic heterocycles. The lowest BCUT2D eigenvalue weighted by molar-refractivity contribution is 0.392. The number of hydrogen-bond donors (Lipinski definition) is 1. The summed E-state index contributed by atoms with van der Waals surface area (Å²) in [4.78, 5) is 0.